The molecule has 3 unspecified atom stereocenters. The highest BCUT2D eigenvalue weighted by Crippen LogP contribution is 2.38. The number of aliphatic carboxylic acids is 1. The second-order valence-electron chi connectivity index (χ2n) is 6.39. The Kier molecular flexibility index (Phi) is 4.17. The smallest absolute Gasteiger partial charge is 0.305 e. The number of hydrogen-bond donors (Lipinski definition) is 2. The van der Waals surface area contributed by atoms with Crippen LogP contribution >= 0.6 is 0 Å². The summed E-state index contributed by atoms with van der Waals surface area (Å²) in [5.74, 6) is -0.280. The number of rotatable bonds is 5. The molecule has 0 aromatic rings. The molecule has 2 N–H and O–H groups in total. The van der Waals surface area contributed by atoms with Crippen molar-refractivity contribution in [3.8, 4) is 0 Å². The van der Waals surface area contributed by atoms with E-state index < -0.39 is 5.97 Å². The number of hydrogen-bond acceptors (Lipinski definition) is 2. The number of amides is 1. The van der Waals surface area contributed by atoms with Gasteiger partial charge in [0.15, 0.2) is 0 Å². The van der Waals surface area contributed by atoms with Gasteiger partial charge in [-0.15, -0.1) is 0 Å². The highest BCUT2D eigenvalue weighted by atomic mass is 16.4. The topological polar surface area (TPSA) is 66.4 Å². The molecular weight excluding hydrogens is 218 g/mol. The van der Waals surface area contributed by atoms with Crippen LogP contribution in [0.15, 0.2) is 0 Å². The van der Waals surface area contributed by atoms with Gasteiger partial charge in [0.05, 0.1) is 6.42 Å². The quantitative estimate of drug-likeness (QED) is 0.774. The van der Waals surface area contributed by atoms with E-state index in [0.29, 0.717) is 12.3 Å². The highest BCUT2D eigenvalue weighted by molar-refractivity contribution is 5.82. The van der Waals surface area contributed by atoms with Gasteiger partial charge in [-0.3, -0.25) is 9.59 Å². The Morgan fingerprint density at radius 3 is 2.29 bits per heavy atom. The van der Waals surface area contributed by atoms with E-state index in [2.05, 4.69) is 5.32 Å². The Hall–Kier alpha value is -1.06. The van der Waals surface area contributed by atoms with Gasteiger partial charge in [-0.05, 0) is 24.2 Å². The van der Waals surface area contributed by atoms with Gasteiger partial charge in [0.25, 0.3) is 0 Å². The third-order valence-corrected chi connectivity index (χ3v) is 3.07. The van der Waals surface area contributed by atoms with Crippen molar-refractivity contribution < 1.29 is 14.7 Å². The lowest BCUT2D eigenvalue weighted by Gasteiger charge is -2.25. The number of carboxylic acids is 1. The van der Waals surface area contributed by atoms with Crippen LogP contribution in [0.2, 0.25) is 0 Å². The van der Waals surface area contributed by atoms with Crippen molar-refractivity contribution in [1.29, 1.82) is 0 Å². The molecule has 17 heavy (non-hydrogen) atoms. The summed E-state index contributed by atoms with van der Waals surface area (Å²) in [5.41, 5.74) is 0.0164. The highest BCUT2D eigenvalue weighted by Gasteiger charge is 2.40. The van der Waals surface area contributed by atoms with Gasteiger partial charge in [0.1, 0.15) is 0 Å². The van der Waals surface area contributed by atoms with Crippen LogP contribution in [0.4, 0.5) is 0 Å². The van der Waals surface area contributed by atoms with E-state index in [-0.39, 0.29) is 29.7 Å². The number of nitrogens with one attached hydrogen (secondary N) is 1. The zero-order chi connectivity index (χ0) is 13.2. The Morgan fingerprint density at radius 2 is 1.94 bits per heavy atom. The summed E-state index contributed by atoms with van der Waals surface area (Å²) in [7, 11) is 0. The van der Waals surface area contributed by atoms with Gasteiger partial charge in [-0.2, -0.15) is 0 Å². The summed E-state index contributed by atoms with van der Waals surface area (Å²) in [6.07, 6.45) is 1.62. The molecule has 0 aromatic carbocycles. The summed E-state index contributed by atoms with van der Waals surface area (Å²) in [6, 6.07) is -0.257. The summed E-state index contributed by atoms with van der Waals surface area (Å²) < 4.78 is 0. The average Bonchev–Trinajstić information content (AvgIpc) is 2.77. The first-order valence-electron chi connectivity index (χ1n) is 6.21. The van der Waals surface area contributed by atoms with Gasteiger partial charge >= 0.3 is 5.97 Å². The van der Waals surface area contributed by atoms with Crippen LogP contribution in [0.25, 0.3) is 0 Å². The largest absolute Gasteiger partial charge is 0.481 e. The van der Waals surface area contributed by atoms with Gasteiger partial charge in [-0.1, -0.05) is 27.7 Å². The van der Waals surface area contributed by atoms with Crippen molar-refractivity contribution in [1.82, 2.24) is 5.32 Å². The van der Waals surface area contributed by atoms with Crippen molar-refractivity contribution in [3.63, 3.8) is 0 Å². The Labute approximate surface area is 103 Å². The van der Waals surface area contributed by atoms with Crippen molar-refractivity contribution in [2.24, 2.45) is 17.3 Å². The molecule has 1 aliphatic carbocycles. The molecule has 1 amide bonds. The molecule has 1 aliphatic rings. The molecule has 4 heteroatoms. The minimum absolute atomic E-state index is 0.00408. The fourth-order valence-corrected chi connectivity index (χ4v) is 2.12. The number of carbonyl (C=O) groups is 2. The first-order chi connectivity index (χ1) is 7.69. The SMILES string of the molecule is CC1CC1C(=O)NC(CC(=O)O)CC(C)(C)C. The first-order valence-corrected chi connectivity index (χ1v) is 6.21. The third-order valence-electron chi connectivity index (χ3n) is 3.07. The molecule has 0 bridgehead atoms. The van der Waals surface area contributed by atoms with Crippen LogP contribution in [-0.4, -0.2) is 23.0 Å². The van der Waals surface area contributed by atoms with Gasteiger partial charge in [0, 0.05) is 12.0 Å². The normalized spacial score (nSPS) is 25.2. The lowest BCUT2D eigenvalue weighted by Crippen LogP contribution is -2.40. The van der Waals surface area contributed by atoms with Crippen LogP contribution in [0.1, 0.15) is 47.0 Å². The average molecular weight is 241 g/mol. The summed E-state index contributed by atoms with van der Waals surface area (Å²) in [6.45, 7) is 8.19. The fraction of sp³-hybridized carbons (Fsp3) is 0.846. The lowest BCUT2D eigenvalue weighted by atomic mass is 9.87. The minimum Gasteiger partial charge on any atom is -0.481 e. The molecule has 1 fully saturated rings. The zero-order valence-corrected chi connectivity index (χ0v) is 11.1. The maximum absolute atomic E-state index is 11.8. The summed E-state index contributed by atoms with van der Waals surface area (Å²) in [5, 5.41) is 11.7. The standard InChI is InChI=1S/C13H23NO3/c1-8-5-10(8)12(17)14-9(6-11(15)16)7-13(2,3)4/h8-10H,5-7H2,1-4H3,(H,14,17)(H,15,16). The van der Waals surface area contributed by atoms with E-state index in [9.17, 15) is 9.59 Å². The number of carbonyl (C=O) groups excluding carboxylic acids is 1. The lowest BCUT2D eigenvalue weighted by molar-refractivity contribution is -0.138. The second kappa shape index (κ2) is 5.07. The molecule has 0 aliphatic heterocycles. The molecule has 1 rings (SSSR count). The molecule has 0 heterocycles. The van der Waals surface area contributed by atoms with E-state index >= 15 is 0 Å². The number of carboxylic acid groups (broad SMARTS) is 1. The maximum atomic E-state index is 11.8. The summed E-state index contributed by atoms with van der Waals surface area (Å²) in [4.78, 5) is 22.6. The molecule has 0 spiro atoms. The van der Waals surface area contributed by atoms with Crippen LogP contribution in [0.5, 0.6) is 0 Å². The van der Waals surface area contributed by atoms with Crippen LogP contribution < -0.4 is 5.32 Å². The molecule has 4 nitrogen and oxygen atoms in total. The molecule has 98 valence electrons. The Morgan fingerprint density at radius 1 is 1.41 bits per heavy atom. The summed E-state index contributed by atoms with van der Waals surface area (Å²) >= 11 is 0. The first kappa shape index (κ1) is 14.0. The Balaban J connectivity index is 2.51. The van der Waals surface area contributed by atoms with Gasteiger partial charge in [0.2, 0.25) is 5.91 Å². The third kappa shape index (κ3) is 5.20. The maximum Gasteiger partial charge on any atom is 0.305 e. The van der Waals surface area contributed by atoms with Gasteiger partial charge in [-0.25, -0.2) is 0 Å². The van der Waals surface area contributed by atoms with E-state index in [1.54, 1.807) is 0 Å². The second-order valence-corrected chi connectivity index (χ2v) is 6.39. The van der Waals surface area contributed by atoms with E-state index in [1.807, 2.05) is 27.7 Å². The van der Waals surface area contributed by atoms with Crippen molar-refractivity contribution in [2.75, 3.05) is 0 Å². The Bertz CT molecular complexity index is 306. The van der Waals surface area contributed by atoms with E-state index in [1.165, 1.54) is 0 Å². The molecule has 1 saturated carbocycles. The molecule has 0 saturated heterocycles. The van der Waals surface area contributed by atoms with Crippen LogP contribution in [0.3, 0.4) is 0 Å². The van der Waals surface area contributed by atoms with Crippen molar-refractivity contribution in [3.05, 3.63) is 0 Å². The monoisotopic (exact) mass is 241 g/mol. The fourth-order valence-electron chi connectivity index (χ4n) is 2.12. The van der Waals surface area contributed by atoms with Crippen LogP contribution in [0, 0.1) is 17.3 Å². The van der Waals surface area contributed by atoms with E-state index in [0.717, 1.165) is 6.42 Å². The zero-order valence-electron chi connectivity index (χ0n) is 11.1. The van der Waals surface area contributed by atoms with Gasteiger partial charge < -0.3 is 10.4 Å². The molecule has 0 radical (unpaired) electrons. The molecular formula is C13H23NO3. The molecule has 3 atom stereocenters. The van der Waals surface area contributed by atoms with Crippen molar-refractivity contribution in [2.45, 2.75) is 53.0 Å². The van der Waals surface area contributed by atoms with Crippen molar-refractivity contribution >= 4 is 11.9 Å². The predicted octanol–water partition coefficient (Wildman–Crippen LogP) is 2.04. The predicted molar refractivity (Wildman–Crippen MR) is 65.5 cm³/mol. The molecule has 0 aromatic heterocycles. The van der Waals surface area contributed by atoms with E-state index in [4.69, 9.17) is 5.11 Å². The van der Waals surface area contributed by atoms with Crippen LogP contribution in [-0.2, 0) is 9.59 Å². The minimum atomic E-state index is -0.858.